The number of hydrogen-bond donors (Lipinski definition) is 0. The Morgan fingerprint density at radius 2 is 2.17 bits per heavy atom. The average Bonchev–Trinajstić information content (AvgIpc) is 2.99. The zero-order chi connectivity index (χ0) is 16.0. The monoisotopic (exact) mass is 318 g/mol. The summed E-state index contributed by atoms with van der Waals surface area (Å²) in [4.78, 5) is 32.9. The second-order valence-corrected chi connectivity index (χ2v) is 6.79. The molecule has 124 valence electrons. The molecule has 2 aliphatic heterocycles. The average molecular weight is 318 g/mol. The van der Waals surface area contributed by atoms with Crippen molar-refractivity contribution in [1.82, 2.24) is 19.9 Å². The van der Waals surface area contributed by atoms with Gasteiger partial charge < -0.3 is 14.3 Å². The van der Waals surface area contributed by atoms with Crippen molar-refractivity contribution in [3.63, 3.8) is 0 Å². The molecule has 1 saturated carbocycles. The van der Waals surface area contributed by atoms with Crippen molar-refractivity contribution in [2.45, 2.75) is 51.0 Å². The number of hydrogen-bond acceptors (Lipinski definition) is 5. The molecule has 3 fully saturated rings. The number of amides is 2. The molecule has 4 rings (SSSR count). The third-order valence-corrected chi connectivity index (χ3v) is 5.16. The minimum atomic E-state index is -0.224. The Morgan fingerprint density at radius 1 is 1.35 bits per heavy atom. The van der Waals surface area contributed by atoms with Crippen molar-refractivity contribution in [1.29, 1.82) is 0 Å². The van der Waals surface area contributed by atoms with E-state index >= 15 is 0 Å². The number of aromatic nitrogens is 2. The molecule has 2 atom stereocenters. The predicted molar refractivity (Wildman–Crippen MR) is 80.3 cm³/mol. The molecule has 2 saturated heterocycles. The largest absolute Gasteiger partial charge is 0.342 e. The zero-order valence-corrected chi connectivity index (χ0v) is 13.4. The van der Waals surface area contributed by atoms with Crippen molar-refractivity contribution >= 4 is 11.8 Å². The van der Waals surface area contributed by atoms with Crippen molar-refractivity contribution in [2.24, 2.45) is 5.92 Å². The topological polar surface area (TPSA) is 79.5 Å². The van der Waals surface area contributed by atoms with Crippen LogP contribution in [-0.2, 0) is 9.59 Å². The summed E-state index contributed by atoms with van der Waals surface area (Å²) in [6, 6.07) is -0.0930. The summed E-state index contributed by atoms with van der Waals surface area (Å²) in [7, 11) is 0. The van der Waals surface area contributed by atoms with Crippen molar-refractivity contribution in [3.05, 3.63) is 11.7 Å². The lowest BCUT2D eigenvalue weighted by atomic mass is 10.1. The van der Waals surface area contributed by atoms with Crippen LogP contribution in [-0.4, -0.2) is 51.4 Å². The van der Waals surface area contributed by atoms with E-state index in [0.29, 0.717) is 43.7 Å². The second-order valence-electron chi connectivity index (χ2n) is 6.79. The van der Waals surface area contributed by atoms with E-state index in [9.17, 15) is 9.59 Å². The molecule has 0 unspecified atom stereocenters. The molecule has 0 radical (unpaired) electrons. The molecule has 0 aromatic carbocycles. The van der Waals surface area contributed by atoms with Gasteiger partial charge in [-0.2, -0.15) is 4.98 Å². The van der Waals surface area contributed by atoms with Crippen molar-refractivity contribution < 1.29 is 14.1 Å². The van der Waals surface area contributed by atoms with E-state index in [1.54, 1.807) is 4.90 Å². The summed E-state index contributed by atoms with van der Waals surface area (Å²) < 4.78 is 5.34. The van der Waals surface area contributed by atoms with Crippen LogP contribution in [0.4, 0.5) is 0 Å². The minimum absolute atomic E-state index is 0.0644. The van der Waals surface area contributed by atoms with Crippen LogP contribution in [0.3, 0.4) is 0 Å². The van der Waals surface area contributed by atoms with E-state index < -0.39 is 0 Å². The van der Waals surface area contributed by atoms with Gasteiger partial charge in [0, 0.05) is 32.0 Å². The van der Waals surface area contributed by atoms with Gasteiger partial charge in [0.15, 0.2) is 5.82 Å². The minimum Gasteiger partial charge on any atom is -0.342 e. The fourth-order valence-corrected chi connectivity index (χ4v) is 3.66. The lowest BCUT2D eigenvalue weighted by Gasteiger charge is -2.25. The van der Waals surface area contributed by atoms with Gasteiger partial charge in [0.2, 0.25) is 17.7 Å². The van der Waals surface area contributed by atoms with E-state index in [-0.39, 0.29) is 23.8 Å². The quantitative estimate of drug-likeness (QED) is 0.840. The normalized spacial score (nSPS) is 28.0. The van der Waals surface area contributed by atoms with E-state index in [4.69, 9.17) is 4.52 Å². The Morgan fingerprint density at radius 3 is 2.87 bits per heavy atom. The van der Waals surface area contributed by atoms with Crippen LogP contribution >= 0.6 is 0 Å². The number of nitrogens with zero attached hydrogens (tertiary/aromatic N) is 4. The summed E-state index contributed by atoms with van der Waals surface area (Å²) >= 11 is 0. The Balaban J connectivity index is 1.48. The van der Waals surface area contributed by atoms with Crippen LogP contribution in [0, 0.1) is 5.92 Å². The lowest BCUT2D eigenvalue weighted by Crippen LogP contribution is -2.37. The Bertz CT molecular complexity index is 625. The van der Waals surface area contributed by atoms with E-state index in [1.807, 2.05) is 11.8 Å². The molecular formula is C16H22N4O3. The van der Waals surface area contributed by atoms with Crippen molar-refractivity contribution in [2.75, 3.05) is 19.6 Å². The molecular weight excluding hydrogens is 296 g/mol. The highest BCUT2D eigenvalue weighted by Crippen LogP contribution is 2.40. The first-order chi connectivity index (χ1) is 11.2. The number of carbonyl (C=O) groups excluding carboxylic acids is 2. The molecule has 7 heteroatoms. The standard InChI is InChI=1S/C16H22N4O3/c1-2-19-9-11(8-13(19)21)16(22)20-7-3-4-12(20)14-17-15(23-18-14)10-5-6-10/h10-12H,2-9H2,1H3/t11-,12+/m0/s1. The number of likely N-dealkylation sites (tertiary alicyclic amines) is 2. The van der Waals surface area contributed by atoms with E-state index in [2.05, 4.69) is 10.1 Å². The first-order valence-electron chi connectivity index (χ1n) is 8.59. The van der Waals surface area contributed by atoms with Gasteiger partial charge in [-0.25, -0.2) is 0 Å². The molecule has 0 spiro atoms. The highest BCUT2D eigenvalue weighted by molar-refractivity contribution is 5.89. The number of rotatable bonds is 4. The molecule has 7 nitrogen and oxygen atoms in total. The van der Waals surface area contributed by atoms with Crippen LogP contribution in [0.15, 0.2) is 4.52 Å². The van der Waals surface area contributed by atoms with Gasteiger partial charge in [-0.15, -0.1) is 0 Å². The van der Waals surface area contributed by atoms with Crippen molar-refractivity contribution in [3.8, 4) is 0 Å². The second kappa shape index (κ2) is 5.62. The maximum absolute atomic E-state index is 12.9. The first-order valence-corrected chi connectivity index (χ1v) is 8.59. The number of carbonyl (C=O) groups is 2. The molecule has 2 amide bonds. The predicted octanol–water partition coefficient (Wildman–Crippen LogP) is 1.48. The Kier molecular flexibility index (Phi) is 3.58. The molecule has 3 heterocycles. The van der Waals surface area contributed by atoms with E-state index in [1.165, 1.54) is 0 Å². The fraction of sp³-hybridized carbons (Fsp3) is 0.750. The Hall–Kier alpha value is -1.92. The summed E-state index contributed by atoms with van der Waals surface area (Å²) in [6.07, 6.45) is 4.38. The van der Waals surface area contributed by atoms with Gasteiger partial charge in [-0.3, -0.25) is 9.59 Å². The van der Waals surface area contributed by atoms with Gasteiger partial charge >= 0.3 is 0 Å². The highest BCUT2D eigenvalue weighted by Gasteiger charge is 2.41. The van der Waals surface area contributed by atoms with Crippen LogP contribution in [0.2, 0.25) is 0 Å². The lowest BCUT2D eigenvalue weighted by molar-refractivity contribution is -0.136. The Labute approximate surface area is 135 Å². The highest BCUT2D eigenvalue weighted by atomic mass is 16.5. The van der Waals surface area contributed by atoms with Gasteiger partial charge in [-0.05, 0) is 32.6 Å². The maximum atomic E-state index is 12.9. The molecule has 1 aromatic heterocycles. The third-order valence-electron chi connectivity index (χ3n) is 5.16. The fourth-order valence-electron chi connectivity index (χ4n) is 3.66. The van der Waals surface area contributed by atoms with Crippen LogP contribution in [0.5, 0.6) is 0 Å². The summed E-state index contributed by atoms with van der Waals surface area (Å²) in [6.45, 7) is 3.87. The SMILES string of the molecule is CCN1C[C@@H](C(=O)N2CCC[C@@H]2c2noc(C3CC3)n2)CC1=O. The molecule has 0 bridgehead atoms. The molecule has 23 heavy (non-hydrogen) atoms. The summed E-state index contributed by atoms with van der Waals surface area (Å²) in [5.74, 6) is 1.69. The zero-order valence-electron chi connectivity index (χ0n) is 13.4. The third kappa shape index (κ3) is 2.62. The summed E-state index contributed by atoms with van der Waals surface area (Å²) in [5, 5.41) is 4.11. The molecule has 3 aliphatic rings. The van der Waals surface area contributed by atoms with Crippen LogP contribution < -0.4 is 0 Å². The van der Waals surface area contributed by atoms with Gasteiger partial charge in [0.1, 0.15) is 0 Å². The van der Waals surface area contributed by atoms with E-state index in [0.717, 1.165) is 25.7 Å². The maximum Gasteiger partial charge on any atom is 0.229 e. The van der Waals surface area contributed by atoms with Crippen LogP contribution in [0.1, 0.15) is 62.7 Å². The van der Waals surface area contributed by atoms with Gasteiger partial charge in [0.05, 0.1) is 12.0 Å². The smallest absolute Gasteiger partial charge is 0.229 e. The molecule has 1 aromatic rings. The van der Waals surface area contributed by atoms with Gasteiger partial charge in [0.25, 0.3) is 0 Å². The first kappa shape index (κ1) is 14.7. The molecule has 1 aliphatic carbocycles. The van der Waals surface area contributed by atoms with Gasteiger partial charge in [-0.1, -0.05) is 5.16 Å². The molecule has 0 N–H and O–H groups in total. The van der Waals surface area contributed by atoms with Crippen LogP contribution in [0.25, 0.3) is 0 Å². The summed E-state index contributed by atoms with van der Waals surface area (Å²) in [5.41, 5.74) is 0.